The number of aliphatic hydroxyl groups is 1. The summed E-state index contributed by atoms with van der Waals surface area (Å²) in [4.78, 5) is 14.1. The van der Waals surface area contributed by atoms with Crippen LogP contribution in [0.2, 0.25) is 0 Å². The maximum absolute atomic E-state index is 12.3. The molecule has 1 N–H and O–H groups in total. The molecule has 6 heteroatoms. The first kappa shape index (κ1) is 24.8. The van der Waals surface area contributed by atoms with Crippen LogP contribution in [-0.2, 0) is 11.3 Å². The van der Waals surface area contributed by atoms with Crippen LogP contribution in [0.1, 0.15) is 37.7 Å². The average Bonchev–Trinajstić information content (AvgIpc) is 2.72. The zero-order valence-corrected chi connectivity index (χ0v) is 16.1. The minimum absolute atomic E-state index is 0. The molecular formula is C22H31AlLiNO3. The molecule has 1 aliphatic rings. The molecule has 3 rings (SSSR count). The van der Waals surface area contributed by atoms with Crippen LogP contribution in [-0.4, -0.2) is 53.2 Å². The van der Waals surface area contributed by atoms with E-state index in [4.69, 9.17) is 4.74 Å². The Bertz CT molecular complexity index is 685. The van der Waals surface area contributed by atoms with Crippen molar-refractivity contribution in [2.75, 3.05) is 19.7 Å². The summed E-state index contributed by atoms with van der Waals surface area (Å²) in [6, 6.07) is 20.2. The van der Waals surface area contributed by atoms with E-state index in [9.17, 15) is 9.90 Å². The van der Waals surface area contributed by atoms with E-state index < -0.39 is 0 Å². The topological polar surface area (TPSA) is 49.8 Å². The van der Waals surface area contributed by atoms with Gasteiger partial charge in [-0.15, -0.1) is 0 Å². The Kier molecular flexibility index (Phi) is 11.6. The molecule has 1 aliphatic heterocycles. The Balaban J connectivity index is 0.00000261. The molecule has 146 valence electrons. The maximum atomic E-state index is 12.3. The van der Waals surface area contributed by atoms with Crippen molar-refractivity contribution in [2.45, 2.75) is 31.8 Å². The van der Waals surface area contributed by atoms with E-state index in [0.29, 0.717) is 31.5 Å². The Hall–Kier alpha value is -1.20. The van der Waals surface area contributed by atoms with Gasteiger partial charge in [-0.3, -0.25) is 0 Å². The first-order chi connectivity index (χ1) is 12.8. The summed E-state index contributed by atoms with van der Waals surface area (Å²) in [5.41, 5.74) is 2.29. The fourth-order valence-corrected chi connectivity index (χ4v) is 3.81. The number of rotatable bonds is 6. The Morgan fingerprint density at radius 2 is 1.64 bits per heavy atom. The summed E-state index contributed by atoms with van der Waals surface area (Å²) < 4.78 is 5.44. The molecule has 1 fully saturated rings. The molecule has 1 atom stereocenters. The molecule has 1 amide bonds. The van der Waals surface area contributed by atoms with E-state index in [-0.39, 0.29) is 50.3 Å². The van der Waals surface area contributed by atoms with Crippen molar-refractivity contribution in [3.8, 4) is 0 Å². The zero-order chi connectivity index (χ0) is 18.2. The van der Waals surface area contributed by atoms with Crippen molar-refractivity contribution in [1.29, 1.82) is 0 Å². The number of likely N-dealkylation sites (tertiary alicyclic amines) is 1. The van der Waals surface area contributed by atoms with Crippen LogP contribution in [0.4, 0.5) is 4.79 Å². The number of aliphatic hydroxyl groups excluding tert-OH is 1. The third kappa shape index (κ3) is 7.00. The van der Waals surface area contributed by atoms with Crippen molar-refractivity contribution >= 4 is 23.5 Å². The second-order valence-corrected chi connectivity index (χ2v) is 6.89. The molecule has 0 aromatic heterocycles. The van der Waals surface area contributed by atoms with Crippen molar-refractivity contribution in [3.63, 3.8) is 0 Å². The monoisotopic (exact) mass is 391 g/mol. The van der Waals surface area contributed by atoms with Gasteiger partial charge in [0, 0.05) is 19.7 Å². The summed E-state index contributed by atoms with van der Waals surface area (Å²) in [5.74, 6) is 0.839. The Labute approximate surface area is 192 Å². The standard InChI is InChI=1S/C22H27NO3.Al.Li.4H/c24-16-13-21(19-9-5-2-6-10-19)20-11-14-23(15-12-20)22(25)26-17-18-7-3-1-4-8-18;;;;;;/h1-10,20-21,24H,11-17H2;;;;;;/q;;+1;;;;-1/t21-;;;;;;/m0....../s1. The molecule has 0 spiro atoms. The van der Waals surface area contributed by atoms with E-state index in [1.165, 1.54) is 5.56 Å². The number of piperidine rings is 1. The summed E-state index contributed by atoms with van der Waals surface area (Å²) >= 11 is 0. The molecular weight excluding hydrogens is 360 g/mol. The molecule has 0 radical (unpaired) electrons. The van der Waals surface area contributed by atoms with E-state index >= 15 is 0 Å². The number of hydrogen-bond acceptors (Lipinski definition) is 3. The van der Waals surface area contributed by atoms with Crippen LogP contribution in [0, 0.1) is 5.92 Å². The molecule has 0 saturated carbocycles. The Morgan fingerprint density at radius 3 is 2.21 bits per heavy atom. The van der Waals surface area contributed by atoms with E-state index in [1.54, 1.807) is 4.90 Å². The largest absolute Gasteiger partial charge is 1.00 e. The van der Waals surface area contributed by atoms with Gasteiger partial charge in [0.1, 0.15) is 6.61 Å². The normalized spacial score (nSPS) is 15.1. The van der Waals surface area contributed by atoms with Crippen LogP contribution in [0.15, 0.2) is 60.7 Å². The van der Waals surface area contributed by atoms with Crippen molar-refractivity contribution in [2.24, 2.45) is 5.92 Å². The quantitative estimate of drug-likeness (QED) is 0.713. The second-order valence-electron chi connectivity index (χ2n) is 6.89. The van der Waals surface area contributed by atoms with Gasteiger partial charge in [-0.2, -0.15) is 0 Å². The van der Waals surface area contributed by atoms with E-state index in [2.05, 4.69) is 24.3 Å². The fourth-order valence-electron chi connectivity index (χ4n) is 3.81. The number of carbonyl (C=O) groups excluding carboxylic acids is 1. The summed E-state index contributed by atoms with van der Waals surface area (Å²) in [6.07, 6.45) is 2.43. The van der Waals surface area contributed by atoms with Crippen LogP contribution in [0.25, 0.3) is 0 Å². The predicted octanol–water partition coefficient (Wildman–Crippen LogP) is 0.134. The molecule has 28 heavy (non-hydrogen) atoms. The van der Waals surface area contributed by atoms with Gasteiger partial charge in [0.15, 0.2) is 17.4 Å². The first-order valence-corrected chi connectivity index (χ1v) is 9.39. The van der Waals surface area contributed by atoms with Gasteiger partial charge < -0.3 is 16.2 Å². The van der Waals surface area contributed by atoms with Gasteiger partial charge in [0.25, 0.3) is 0 Å². The number of hydrogen-bond donors (Lipinski definition) is 1. The van der Waals surface area contributed by atoms with E-state index in [0.717, 1.165) is 24.8 Å². The minimum atomic E-state index is -0.231. The van der Waals surface area contributed by atoms with Crippen LogP contribution in [0.5, 0.6) is 0 Å². The van der Waals surface area contributed by atoms with Crippen LogP contribution < -0.4 is 18.9 Å². The van der Waals surface area contributed by atoms with Gasteiger partial charge in [0.05, 0.1) is 0 Å². The molecule has 4 nitrogen and oxygen atoms in total. The number of amides is 1. The zero-order valence-electron chi connectivity index (χ0n) is 17.1. The molecule has 1 heterocycles. The third-order valence-electron chi connectivity index (χ3n) is 5.24. The fraction of sp³-hybridized carbons (Fsp3) is 0.409. The molecule has 1 saturated heterocycles. The SMILES string of the molecule is O=C(OCc1ccccc1)N1CCC([C@@H](CCO)c2ccccc2)CC1.[AlH3].[H-].[Li+]. The van der Waals surface area contributed by atoms with Gasteiger partial charge in [-0.1, -0.05) is 60.7 Å². The van der Waals surface area contributed by atoms with Crippen molar-refractivity contribution < 1.29 is 34.9 Å². The predicted molar refractivity (Wildman–Crippen MR) is 113 cm³/mol. The first-order valence-electron chi connectivity index (χ1n) is 9.39. The van der Waals surface area contributed by atoms with Crippen LogP contribution in [0.3, 0.4) is 0 Å². The van der Waals surface area contributed by atoms with Crippen molar-refractivity contribution in [3.05, 3.63) is 71.8 Å². The number of ether oxygens (including phenoxy) is 1. The second kappa shape index (κ2) is 13.1. The number of nitrogens with zero attached hydrogens (tertiary/aromatic N) is 1. The third-order valence-corrected chi connectivity index (χ3v) is 5.24. The molecule has 0 bridgehead atoms. The minimum Gasteiger partial charge on any atom is -1.00 e. The van der Waals surface area contributed by atoms with Gasteiger partial charge in [-0.05, 0) is 42.2 Å². The molecule has 0 aliphatic carbocycles. The summed E-state index contributed by atoms with van der Waals surface area (Å²) in [5, 5.41) is 9.46. The molecule has 2 aromatic carbocycles. The van der Waals surface area contributed by atoms with Gasteiger partial charge in [0.2, 0.25) is 0 Å². The molecule has 2 aromatic rings. The number of carbonyl (C=O) groups is 1. The van der Waals surface area contributed by atoms with Crippen LogP contribution >= 0.6 is 0 Å². The Morgan fingerprint density at radius 1 is 1.07 bits per heavy atom. The summed E-state index contributed by atoms with van der Waals surface area (Å²) in [6.45, 7) is 1.94. The maximum Gasteiger partial charge on any atom is 1.00 e. The van der Waals surface area contributed by atoms with E-state index in [1.807, 2.05) is 36.4 Å². The summed E-state index contributed by atoms with van der Waals surface area (Å²) in [7, 11) is 0. The van der Waals surface area contributed by atoms with Gasteiger partial charge >= 0.3 is 25.0 Å². The molecule has 0 unspecified atom stereocenters. The van der Waals surface area contributed by atoms with Gasteiger partial charge in [-0.25, -0.2) is 4.79 Å². The van der Waals surface area contributed by atoms with Crippen molar-refractivity contribution in [1.82, 2.24) is 4.90 Å². The smallest absolute Gasteiger partial charge is 1.00 e. The average molecular weight is 391 g/mol. The number of benzene rings is 2.